The Labute approximate surface area is 73.0 Å². The summed E-state index contributed by atoms with van der Waals surface area (Å²) in [6, 6.07) is 0. The van der Waals surface area contributed by atoms with Crippen molar-refractivity contribution in [1.82, 2.24) is 0 Å². The molecule has 0 spiro atoms. The first-order valence-electron chi connectivity index (χ1n) is 3.69. The van der Waals surface area contributed by atoms with Crippen molar-refractivity contribution in [2.75, 3.05) is 0 Å². The fourth-order valence-electron chi connectivity index (χ4n) is 0.978. The second kappa shape index (κ2) is 5.28. The fraction of sp³-hybridized carbons (Fsp3) is 0.300. The van der Waals surface area contributed by atoms with E-state index >= 15 is 0 Å². The smallest absolute Gasteiger partial charge is 0.211 e. The molecule has 0 aliphatic heterocycles. The monoisotopic (exact) mass is 163 g/mol. The summed E-state index contributed by atoms with van der Waals surface area (Å²) >= 11 is 0. The van der Waals surface area contributed by atoms with Crippen LogP contribution in [0.25, 0.3) is 0 Å². The Morgan fingerprint density at radius 2 is 1.75 bits per heavy atom. The van der Waals surface area contributed by atoms with Crippen molar-refractivity contribution in [3.8, 4) is 0 Å². The number of nitrogens with zero attached hydrogens (tertiary/aromatic N) is 1. The van der Waals surface area contributed by atoms with Crippen LogP contribution in [0.15, 0.2) is 43.0 Å². The molecule has 0 rings (SSSR count). The molecule has 2 nitrogen and oxygen atoms in total. The van der Waals surface area contributed by atoms with Crippen molar-refractivity contribution in [2.45, 2.75) is 18.4 Å². The number of rotatable bonds is 6. The lowest BCUT2D eigenvalue weighted by atomic mass is 9.92. The van der Waals surface area contributed by atoms with Gasteiger partial charge in [0.1, 0.15) is 0 Å². The fourth-order valence-corrected chi connectivity index (χ4v) is 0.978. The molecule has 12 heavy (non-hydrogen) atoms. The largest absolute Gasteiger partial charge is 0.235 e. The highest BCUT2D eigenvalue weighted by molar-refractivity contribution is 5.36. The molecule has 0 aromatic rings. The summed E-state index contributed by atoms with van der Waals surface area (Å²) in [6.45, 7) is 10.8. The van der Waals surface area contributed by atoms with Crippen LogP contribution in [-0.2, 0) is 4.79 Å². The topological polar surface area (TPSA) is 29.4 Å². The van der Waals surface area contributed by atoms with Gasteiger partial charge < -0.3 is 0 Å². The zero-order valence-corrected chi connectivity index (χ0v) is 7.12. The van der Waals surface area contributed by atoms with Gasteiger partial charge in [-0.15, -0.1) is 19.7 Å². The number of isocyanates is 1. The molecular weight excluding hydrogens is 150 g/mol. The quantitative estimate of drug-likeness (QED) is 0.336. The van der Waals surface area contributed by atoms with Crippen LogP contribution in [-0.4, -0.2) is 11.6 Å². The van der Waals surface area contributed by atoms with Crippen molar-refractivity contribution in [1.29, 1.82) is 0 Å². The van der Waals surface area contributed by atoms with E-state index in [-0.39, 0.29) is 0 Å². The first kappa shape index (κ1) is 10.6. The summed E-state index contributed by atoms with van der Waals surface area (Å²) in [7, 11) is 0. The van der Waals surface area contributed by atoms with Gasteiger partial charge in [-0.2, -0.15) is 4.99 Å². The second-order valence-electron chi connectivity index (χ2n) is 2.50. The molecule has 0 aliphatic carbocycles. The maximum atomic E-state index is 10.1. The molecule has 0 atom stereocenters. The molecule has 0 unspecified atom stereocenters. The Hall–Kier alpha value is -1.40. The Balaban J connectivity index is 4.70. The molecule has 0 radical (unpaired) electrons. The van der Waals surface area contributed by atoms with Crippen LogP contribution in [0.3, 0.4) is 0 Å². The first-order valence-corrected chi connectivity index (χ1v) is 3.69. The SMILES string of the molecule is C=CCC(C=C)(CC=C)N=C=O. The standard InChI is InChI=1S/C10H13NO/c1-4-7-10(6-3,8-5-2)11-9-12/h4-6H,1-3,7-8H2. The Bertz CT molecular complexity index is 214. The van der Waals surface area contributed by atoms with E-state index in [1.165, 1.54) is 6.08 Å². The molecule has 0 aromatic heterocycles. The number of hydrogen-bond acceptors (Lipinski definition) is 2. The average Bonchev–Trinajstić information content (AvgIpc) is 2.06. The lowest BCUT2D eigenvalue weighted by Gasteiger charge is -2.20. The van der Waals surface area contributed by atoms with Crippen molar-refractivity contribution in [3.63, 3.8) is 0 Å². The van der Waals surface area contributed by atoms with Crippen LogP contribution in [0.2, 0.25) is 0 Å². The molecule has 64 valence electrons. The van der Waals surface area contributed by atoms with Gasteiger partial charge >= 0.3 is 0 Å². The molecule has 0 fully saturated rings. The predicted molar refractivity (Wildman–Crippen MR) is 50.7 cm³/mol. The van der Waals surface area contributed by atoms with Gasteiger partial charge in [-0.1, -0.05) is 18.2 Å². The van der Waals surface area contributed by atoms with Gasteiger partial charge in [-0.3, -0.25) is 0 Å². The third-order valence-corrected chi connectivity index (χ3v) is 1.64. The minimum atomic E-state index is -0.578. The Morgan fingerprint density at radius 3 is 2.00 bits per heavy atom. The molecule has 0 amide bonds. The molecule has 0 heterocycles. The van der Waals surface area contributed by atoms with Crippen LogP contribution in [0.1, 0.15) is 12.8 Å². The summed E-state index contributed by atoms with van der Waals surface area (Å²) < 4.78 is 0. The van der Waals surface area contributed by atoms with Crippen LogP contribution >= 0.6 is 0 Å². The number of hydrogen-bond donors (Lipinski definition) is 0. The molecular formula is C10H13NO. The maximum absolute atomic E-state index is 10.1. The van der Waals surface area contributed by atoms with E-state index in [9.17, 15) is 4.79 Å². The highest BCUT2D eigenvalue weighted by atomic mass is 16.1. The summed E-state index contributed by atoms with van der Waals surface area (Å²) in [5.41, 5.74) is -0.578. The van der Waals surface area contributed by atoms with Gasteiger partial charge in [-0.25, -0.2) is 4.79 Å². The van der Waals surface area contributed by atoms with E-state index in [0.717, 1.165) is 0 Å². The van der Waals surface area contributed by atoms with Gasteiger partial charge in [0.05, 0.1) is 5.54 Å². The Kier molecular flexibility index (Phi) is 4.66. The van der Waals surface area contributed by atoms with E-state index < -0.39 is 5.54 Å². The molecule has 0 saturated heterocycles. The molecule has 0 saturated carbocycles. The second-order valence-corrected chi connectivity index (χ2v) is 2.50. The van der Waals surface area contributed by atoms with E-state index in [1.807, 2.05) is 0 Å². The third kappa shape index (κ3) is 2.69. The molecule has 0 bridgehead atoms. The summed E-state index contributed by atoms with van der Waals surface area (Å²) in [5, 5.41) is 0. The van der Waals surface area contributed by atoms with Crippen LogP contribution < -0.4 is 0 Å². The van der Waals surface area contributed by atoms with E-state index in [2.05, 4.69) is 24.7 Å². The summed E-state index contributed by atoms with van der Waals surface area (Å²) in [6.07, 6.45) is 7.73. The zero-order valence-electron chi connectivity index (χ0n) is 7.12. The minimum Gasteiger partial charge on any atom is -0.211 e. The lowest BCUT2D eigenvalue weighted by Crippen LogP contribution is -2.21. The van der Waals surface area contributed by atoms with E-state index in [0.29, 0.717) is 12.8 Å². The number of aliphatic imine (C=N–C) groups is 1. The van der Waals surface area contributed by atoms with Crippen molar-refractivity contribution in [3.05, 3.63) is 38.0 Å². The highest BCUT2D eigenvalue weighted by Crippen LogP contribution is 2.22. The molecule has 0 N–H and O–H groups in total. The van der Waals surface area contributed by atoms with Gasteiger partial charge in [-0.05, 0) is 12.8 Å². The molecule has 0 aromatic carbocycles. The third-order valence-electron chi connectivity index (χ3n) is 1.64. The van der Waals surface area contributed by atoms with Crippen LogP contribution in [0.5, 0.6) is 0 Å². The zero-order chi connectivity index (χ0) is 9.45. The highest BCUT2D eigenvalue weighted by Gasteiger charge is 2.21. The Morgan fingerprint density at radius 1 is 1.25 bits per heavy atom. The van der Waals surface area contributed by atoms with Crippen molar-refractivity contribution >= 4 is 6.08 Å². The van der Waals surface area contributed by atoms with Crippen LogP contribution in [0, 0.1) is 0 Å². The summed E-state index contributed by atoms with van der Waals surface area (Å²) in [4.78, 5) is 13.8. The van der Waals surface area contributed by atoms with Crippen molar-refractivity contribution < 1.29 is 4.79 Å². The van der Waals surface area contributed by atoms with Gasteiger partial charge in [0.2, 0.25) is 6.08 Å². The van der Waals surface area contributed by atoms with E-state index in [1.54, 1.807) is 18.2 Å². The summed E-state index contributed by atoms with van der Waals surface area (Å²) in [5.74, 6) is 0. The normalized spacial score (nSPS) is 9.67. The molecule has 2 heteroatoms. The van der Waals surface area contributed by atoms with E-state index in [4.69, 9.17) is 0 Å². The average molecular weight is 163 g/mol. The minimum absolute atomic E-state index is 0.578. The number of carbonyl (C=O) groups excluding carboxylic acids is 1. The lowest BCUT2D eigenvalue weighted by molar-refractivity contribution is 0.520. The van der Waals surface area contributed by atoms with Gasteiger partial charge in [0.25, 0.3) is 0 Å². The first-order chi connectivity index (χ1) is 5.74. The van der Waals surface area contributed by atoms with Gasteiger partial charge in [0, 0.05) is 0 Å². The maximum Gasteiger partial charge on any atom is 0.235 e. The molecule has 0 aliphatic rings. The van der Waals surface area contributed by atoms with Gasteiger partial charge in [0.15, 0.2) is 0 Å². The predicted octanol–water partition coefficient (Wildman–Crippen LogP) is 2.40. The van der Waals surface area contributed by atoms with Crippen molar-refractivity contribution in [2.24, 2.45) is 4.99 Å². The van der Waals surface area contributed by atoms with Crippen LogP contribution in [0.4, 0.5) is 0 Å².